The Morgan fingerprint density at radius 3 is 2.58 bits per heavy atom. The van der Waals surface area contributed by atoms with Gasteiger partial charge in [0, 0.05) is 35.5 Å². The monoisotopic (exact) mass is 510 g/mol. The number of H-pyrrole nitrogens is 1. The zero-order valence-electron chi connectivity index (χ0n) is 20.6. The van der Waals surface area contributed by atoms with Crippen LogP contribution in [-0.2, 0) is 9.53 Å². The molecule has 0 spiro atoms. The fraction of sp³-hybridized carbons (Fsp3) is 0.346. The topological polar surface area (TPSA) is 117 Å². The number of nitrogens with one attached hydrogen (secondary N) is 3. The van der Waals surface area contributed by atoms with Gasteiger partial charge in [-0.15, -0.1) is 11.8 Å². The van der Waals surface area contributed by atoms with Gasteiger partial charge in [0.1, 0.15) is 11.3 Å². The van der Waals surface area contributed by atoms with Crippen molar-refractivity contribution in [1.82, 2.24) is 9.88 Å². The summed E-state index contributed by atoms with van der Waals surface area (Å²) in [6.45, 7) is 2.53. The molecule has 0 amide bonds. The molecule has 3 N–H and O–H groups in total. The summed E-state index contributed by atoms with van der Waals surface area (Å²) < 4.78 is 15.9. The molecule has 1 atom stereocenters. The van der Waals surface area contributed by atoms with E-state index in [4.69, 9.17) is 19.6 Å². The third-order valence-electron chi connectivity index (χ3n) is 5.93. The second kappa shape index (κ2) is 11.4. The van der Waals surface area contributed by atoms with E-state index in [1.807, 2.05) is 35.2 Å². The van der Waals surface area contributed by atoms with Gasteiger partial charge >= 0.3 is 5.97 Å². The van der Waals surface area contributed by atoms with Crippen molar-refractivity contribution in [2.45, 2.75) is 25.3 Å². The summed E-state index contributed by atoms with van der Waals surface area (Å²) in [5.41, 5.74) is 2.49. The Hall–Kier alpha value is -3.66. The van der Waals surface area contributed by atoms with E-state index in [0.29, 0.717) is 54.4 Å². The predicted molar refractivity (Wildman–Crippen MR) is 141 cm³/mol. The van der Waals surface area contributed by atoms with Gasteiger partial charge in [0.15, 0.2) is 17.3 Å². The van der Waals surface area contributed by atoms with E-state index in [1.165, 1.54) is 11.8 Å². The van der Waals surface area contributed by atoms with Gasteiger partial charge in [0.05, 0.1) is 38.0 Å². The largest absolute Gasteiger partial charge is 0.493 e. The lowest BCUT2D eigenvalue weighted by atomic mass is 10.1. The number of thioether (sulfide) groups is 1. The number of anilines is 1. The highest BCUT2D eigenvalue weighted by atomic mass is 32.2. The summed E-state index contributed by atoms with van der Waals surface area (Å²) in [6, 6.07) is 13.2. The number of aromatic nitrogens is 1. The van der Waals surface area contributed by atoms with Gasteiger partial charge in [-0.25, -0.2) is 0 Å². The number of carbonyl (C=O) groups excluding carboxylic acids is 2. The van der Waals surface area contributed by atoms with Crippen LogP contribution >= 0.6 is 11.8 Å². The third kappa shape index (κ3) is 5.43. The fourth-order valence-electron chi connectivity index (χ4n) is 4.16. The lowest BCUT2D eigenvalue weighted by Crippen LogP contribution is -2.48. The average molecular weight is 511 g/mol. The summed E-state index contributed by atoms with van der Waals surface area (Å²) in [5, 5.41) is 13.3. The minimum absolute atomic E-state index is 0.0187. The highest BCUT2D eigenvalue weighted by molar-refractivity contribution is 8.00. The number of rotatable bonds is 11. The van der Waals surface area contributed by atoms with Crippen LogP contribution in [0.2, 0.25) is 0 Å². The average Bonchev–Trinajstić information content (AvgIpc) is 3.33. The Kier molecular flexibility index (Phi) is 8.04. The predicted octanol–water partition coefficient (Wildman–Crippen LogP) is 4.48. The first kappa shape index (κ1) is 25.4. The first-order valence-corrected chi connectivity index (χ1v) is 12.8. The number of para-hydroxylation sites is 1. The molecule has 36 heavy (non-hydrogen) atoms. The second-order valence-electron chi connectivity index (χ2n) is 8.20. The number of benzene rings is 2. The molecule has 3 aromatic rings. The maximum atomic E-state index is 12.8. The third-order valence-corrected chi connectivity index (χ3v) is 7.02. The maximum Gasteiger partial charge on any atom is 0.316 e. The van der Waals surface area contributed by atoms with Crippen LogP contribution in [0.1, 0.15) is 35.8 Å². The highest BCUT2D eigenvalue weighted by Gasteiger charge is 2.31. The minimum Gasteiger partial charge on any atom is -0.493 e. The number of aromatic amines is 1. The number of hydrogen-bond donors (Lipinski definition) is 3. The molecule has 9 nitrogen and oxygen atoms in total. The van der Waals surface area contributed by atoms with Crippen LogP contribution < -0.4 is 14.8 Å². The summed E-state index contributed by atoms with van der Waals surface area (Å²) in [6.07, 6.45) is 0.863. The zero-order chi connectivity index (χ0) is 25.7. The molecule has 1 aliphatic rings. The molecule has 0 radical (unpaired) electrons. The van der Waals surface area contributed by atoms with Crippen molar-refractivity contribution in [3.8, 4) is 11.5 Å². The normalized spacial score (nSPS) is 14.8. The van der Waals surface area contributed by atoms with E-state index in [9.17, 15) is 9.59 Å². The Balaban J connectivity index is 1.49. The summed E-state index contributed by atoms with van der Waals surface area (Å²) in [5.74, 6) is 1.18. The molecule has 190 valence electrons. The van der Waals surface area contributed by atoms with Crippen molar-refractivity contribution in [1.29, 1.82) is 5.41 Å². The fourth-order valence-corrected chi connectivity index (χ4v) is 5.13. The standard InChI is InChI=1S/C26H30N4O5S/c1-4-35-24(32)15-36-26-29-19-14-23(34-3)22(33-2)13-17(19)25(27)30(26)11-7-10-21(31)20-12-16-8-5-6-9-18(16)28-20/h5-6,8-9,12-14,26-29H,4,7,10-11,15H2,1-3H3. The van der Waals surface area contributed by atoms with Crippen LogP contribution in [0.5, 0.6) is 11.5 Å². The van der Waals surface area contributed by atoms with Gasteiger partial charge in [0.25, 0.3) is 0 Å². The number of methoxy groups -OCH3 is 2. The van der Waals surface area contributed by atoms with Gasteiger partial charge in [-0.3, -0.25) is 15.0 Å². The number of fused-ring (bicyclic) bond motifs is 2. The Bertz CT molecular complexity index is 1240. The lowest BCUT2D eigenvalue weighted by molar-refractivity contribution is -0.139. The van der Waals surface area contributed by atoms with Crippen LogP contribution in [0.3, 0.4) is 0 Å². The van der Waals surface area contributed by atoms with Crippen molar-refractivity contribution < 1.29 is 23.8 Å². The van der Waals surface area contributed by atoms with E-state index < -0.39 is 5.50 Å². The molecule has 4 rings (SSSR count). The summed E-state index contributed by atoms with van der Waals surface area (Å²) in [4.78, 5) is 29.9. The van der Waals surface area contributed by atoms with Crippen LogP contribution in [0.4, 0.5) is 5.69 Å². The molecule has 0 aliphatic carbocycles. The summed E-state index contributed by atoms with van der Waals surface area (Å²) in [7, 11) is 3.11. The number of ether oxygens (including phenoxy) is 3. The number of Topliss-reactive ketones (excluding diaryl/α,β-unsaturated/α-hetero) is 1. The molecular weight excluding hydrogens is 480 g/mol. The molecular formula is C26H30N4O5S. The smallest absolute Gasteiger partial charge is 0.316 e. The van der Waals surface area contributed by atoms with E-state index in [0.717, 1.165) is 10.9 Å². The first-order valence-electron chi connectivity index (χ1n) is 11.7. The van der Waals surface area contributed by atoms with E-state index in [2.05, 4.69) is 10.3 Å². The van der Waals surface area contributed by atoms with Crippen molar-refractivity contribution in [2.75, 3.05) is 38.4 Å². The van der Waals surface area contributed by atoms with E-state index in [-0.39, 0.29) is 23.3 Å². The Morgan fingerprint density at radius 2 is 1.86 bits per heavy atom. The van der Waals surface area contributed by atoms with Gasteiger partial charge in [-0.05, 0) is 31.5 Å². The van der Waals surface area contributed by atoms with Gasteiger partial charge < -0.3 is 29.4 Å². The second-order valence-corrected chi connectivity index (χ2v) is 9.27. The Labute approximate surface area is 214 Å². The molecule has 10 heteroatoms. The lowest BCUT2D eigenvalue weighted by Gasteiger charge is -2.39. The van der Waals surface area contributed by atoms with Crippen LogP contribution in [0.15, 0.2) is 42.5 Å². The molecule has 1 unspecified atom stereocenters. The van der Waals surface area contributed by atoms with Crippen molar-refractivity contribution >= 4 is 45.9 Å². The molecule has 1 aromatic heterocycles. The van der Waals surface area contributed by atoms with Gasteiger partial charge in [-0.2, -0.15) is 0 Å². The minimum atomic E-state index is -0.393. The number of esters is 1. The van der Waals surface area contributed by atoms with Crippen LogP contribution in [-0.4, -0.2) is 66.1 Å². The quantitative estimate of drug-likeness (QED) is 0.255. The molecule has 0 fully saturated rings. The number of amidine groups is 1. The highest BCUT2D eigenvalue weighted by Crippen LogP contribution is 2.38. The van der Waals surface area contributed by atoms with Crippen molar-refractivity contribution in [2.24, 2.45) is 0 Å². The molecule has 0 saturated heterocycles. The number of hydrogen-bond acceptors (Lipinski definition) is 8. The van der Waals surface area contributed by atoms with Crippen molar-refractivity contribution in [3.05, 3.63) is 53.7 Å². The molecule has 2 aromatic carbocycles. The molecule has 2 heterocycles. The zero-order valence-corrected chi connectivity index (χ0v) is 21.4. The first-order chi connectivity index (χ1) is 17.4. The van der Waals surface area contributed by atoms with E-state index in [1.54, 1.807) is 33.3 Å². The number of carbonyl (C=O) groups is 2. The van der Waals surface area contributed by atoms with Gasteiger partial charge in [0.2, 0.25) is 0 Å². The number of nitrogens with zero attached hydrogens (tertiary/aromatic N) is 1. The molecule has 1 aliphatic heterocycles. The van der Waals surface area contributed by atoms with Gasteiger partial charge in [-0.1, -0.05) is 18.2 Å². The molecule has 0 saturated carbocycles. The van der Waals surface area contributed by atoms with E-state index >= 15 is 0 Å². The number of ketones is 1. The SMILES string of the molecule is CCOC(=O)CSC1Nc2cc(OC)c(OC)cc2C(=N)N1CCCC(=O)c1cc2ccccc2[nH]1. The maximum absolute atomic E-state index is 12.8. The van der Waals surface area contributed by atoms with Crippen LogP contribution in [0, 0.1) is 5.41 Å². The molecule has 0 bridgehead atoms. The van der Waals surface area contributed by atoms with Crippen molar-refractivity contribution in [3.63, 3.8) is 0 Å². The summed E-state index contributed by atoms with van der Waals surface area (Å²) >= 11 is 1.34. The Morgan fingerprint density at radius 1 is 1.11 bits per heavy atom. The van der Waals surface area contributed by atoms with Crippen LogP contribution in [0.25, 0.3) is 10.9 Å².